The van der Waals surface area contributed by atoms with E-state index in [1.165, 1.54) is 38.5 Å². The summed E-state index contributed by atoms with van der Waals surface area (Å²) in [5.74, 6) is 0. The van der Waals surface area contributed by atoms with E-state index in [9.17, 15) is 0 Å². The van der Waals surface area contributed by atoms with E-state index in [0.717, 1.165) is 25.1 Å². The van der Waals surface area contributed by atoms with E-state index in [0.29, 0.717) is 5.44 Å². The largest absolute Gasteiger partial charge is 0.381 e. The number of rotatable bonds is 2. The van der Waals surface area contributed by atoms with Crippen LogP contribution in [-0.4, -0.2) is 30.5 Å². The zero-order valence-electron chi connectivity index (χ0n) is 10.7. The molecule has 0 N–H and O–H groups in total. The minimum atomic E-state index is 0.435. The van der Waals surface area contributed by atoms with Gasteiger partial charge in [0.2, 0.25) is 0 Å². The van der Waals surface area contributed by atoms with Gasteiger partial charge in [0.25, 0.3) is 0 Å². The van der Waals surface area contributed by atoms with Crippen molar-refractivity contribution < 1.29 is 9.47 Å². The third kappa shape index (κ3) is 6.77. The SMILES string of the molecule is C1CCOCC1.CCCC1CCOC(C)S1. The summed E-state index contributed by atoms with van der Waals surface area (Å²) in [4.78, 5) is 0. The van der Waals surface area contributed by atoms with Crippen LogP contribution in [-0.2, 0) is 9.47 Å². The highest BCUT2D eigenvalue weighted by Gasteiger charge is 2.18. The molecule has 0 bridgehead atoms. The topological polar surface area (TPSA) is 18.5 Å². The van der Waals surface area contributed by atoms with Crippen molar-refractivity contribution in [2.24, 2.45) is 0 Å². The van der Waals surface area contributed by atoms with Crippen molar-refractivity contribution in [3.8, 4) is 0 Å². The molecule has 0 aromatic heterocycles. The minimum Gasteiger partial charge on any atom is -0.381 e. The van der Waals surface area contributed by atoms with Crippen molar-refractivity contribution in [1.82, 2.24) is 0 Å². The predicted octanol–water partition coefficient (Wildman–Crippen LogP) is 3.84. The molecule has 0 amide bonds. The molecule has 0 saturated carbocycles. The molecule has 0 aromatic rings. The Kier molecular flexibility index (Phi) is 8.34. The fourth-order valence-electron chi connectivity index (χ4n) is 1.97. The molecule has 2 unspecified atom stereocenters. The molecule has 96 valence electrons. The first-order valence-electron chi connectivity index (χ1n) is 6.67. The maximum absolute atomic E-state index is 5.42. The number of hydrogen-bond donors (Lipinski definition) is 0. The third-order valence-electron chi connectivity index (χ3n) is 2.86. The first kappa shape index (κ1) is 14.3. The lowest BCUT2D eigenvalue weighted by Crippen LogP contribution is -2.20. The van der Waals surface area contributed by atoms with E-state index >= 15 is 0 Å². The van der Waals surface area contributed by atoms with Gasteiger partial charge < -0.3 is 9.47 Å². The molecule has 2 heterocycles. The summed E-state index contributed by atoms with van der Waals surface area (Å²) in [5, 5.41) is 0.869. The third-order valence-corrected chi connectivity index (χ3v) is 4.24. The van der Waals surface area contributed by atoms with Gasteiger partial charge in [0, 0.05) is 25.1 Å². The van der Waals surface area contributed by atoms with Crippen LogP contribution >= 0.6 is 11.8 Å². The van der Waals surface area contributed by atoms with Crippen LogP contribution in [0.2, 0.25) is 0 Å². The summed E-state index contributed by atoms with van der Waals surface area (Å²) < 4.78 is 10.5. The van der Waals surface area contributed by atoms with E-state index in [-0.39, 0.29) is 0 Å². The zero-order chi connectivity index (χ0) is 11.6. The van der Waals surface area contributed by atoms with Gasteiger partial charge in [0.1, 0.15) is 5.44 Å². The van der Waals surface area contributed by atoms with Gasteiger partial charge in [-0.05, 0) is 39.0 Å². The molecule has 3 heteroatoms. The Morgan fingerprint density at radius 2 is 1.88 bits per heavy atom. The Morgan fingerprint density at radius 1 is 1.12 bits per heavy atom. The number of ether oxygens (including phenoxy) is 2. The van der Waals surface area contributed by atoms with Gasteiger partial charge in [-0.15, -0.1) is 11.8 Å². The van der Waals surface area contributed by atoms with Crippen molar-refractivity contribution >= 4 is 11.8 Å². The van der Waals surface area contributed by atoms with E-state index in [4.69, 9.17) is 9.47 Å². The summed E-state index contributed by atoms with van der Waals surface area (Å²) in [6.45, 7) is 7.37. The minimum absolute atomic E-state index is 0.435. The maximum atomic E-state index is 5.42. The Bertz CT molecular complexity index is 147. The van der Waals surface area contributed by atoms with Crippen LogP contribution < -0.4 is 0 Å². The van der Waals surface area contributed by atoms with Crippen LogP contribution in [0.1, 0.15) is 52.4 Å². The molecule has 2 nitrogen and oxygen atoms in total. The van der Waals surface area contributed by atoms with Gasteiger partial charge in [-0.2, -0.15) is 0 Å². The summed E-state index contributed by atoms with van der Waals surface area (Å²) in [6.07, 6.45) is 7.85. The molecule has 2 saturated heterocycles. The Labute approximate surface area is 104 Å². The quantitative estimate of drug-likeness (QED) is 0.737. The maximum Gasteiger partial charge on any atom is 0.100 e. The molecule has 0 spiro atoms. The van der Waals surface area contributed by atoms with Gasteiger partial charge in [0.15, 0.2) is 0 Å². The lowest BCUT2D eigenvalue weighted by molar-refractivity contribution is 0.0968. The molecule has 2 atom stereocenters. The fourth-order valence-corrected chi connectivity index (χ4v) is 3.29. The Morgan fingerprint density at radius 3 is 2.31 bits per heavy atom. The first-order chi connectivity index (χ1) is 7.83. The second kappa shape index (κ2) is 9.32. The summed E-state index contributed by atoms with van der Waals surface area (Å²) in [6, 6.07) is 0. The Balaban J connectivity index is 0.000000181. The summed E-state index contributed by atoms with van der Waals surface area (Å²) in [7, 11) is 0. The van der Waals surface area contributed by atoms with Crippen molar-refractivity contribution in [2.45, 2.75) is 63.1 Å². The average Bonchev–Trinajstić information content (AvgIpc) is 2.33. The molecule has 0 aromatic carbocycles. The molecule has 2 rings (SSSR count). The van der Waals surface area contributed by atoms with E-state index in [1.54, 1.807) is 0 Å². The van der Waals surface area contributed by atoms with Crippen LogP contribution in [0.3, 0.4) is 0 Å². The normalized spacial score (nSPS) is 30.4. The van der Waals surface area contributed by atoms with Gasteiger partial charge in [-0.1, -0.05) is 13.3 Å². The van der Waals surface area contributed by atoms with E-state index in [2.05, 4.69) is 13.8 Å². The molecule has 0 aliphatic carbocycles. The predicted molar refractivity (Wildman–Crippen MR) is 71.0 cm³/mol. The van der Waals surface area contributed by atoms with Crippen LogP contribution in [0, 0.1) is 0 Å². The highest BCUT2D eigenvalue weighted by Crippen LogP contribution is 2.29. The highest BCUT2D eigenvalue weighted by atomic mass is 32.2. The number of thioether (sulfide) groups is 1. The standard InChI is InChI=1S/C8H16OS.C5H10O/c1-3-4-8-5-6-9-7(2)10-8;1-2-4-6-5-3-1/h7-8H,3-6H2,1-2H3;1-5H2. The molecule has 2 aliphatic heterocycles. The molecule has 2 fully saturated rings. The summed E-state index contributed by atoms with van der Waals surface area (Å²) >= 11 is 1.99. The van der Waals surface area contributed by atoms with E-state index < -0.39 is 0 Å². The molecular formula is C13H26O2S. The fraction of sp³-hybridized carbons (Fsp3) is 1.00. The van der Waals surface area contributed by atoms with Gasteiger partial charge in [-0.3, -0.25) is 0 Å². The number of hydrogen-bond acceptors (Lipinski definition) is 3. The van der Waals surface area contributed by atoms with Crippen LogP contribution in [0.15, 0.2) is 0 Å². The van der Waals surface area contributed by atoms with Gasteiger partial charge in [-0.25, -0.2) is 0 Å². The monoisotopic (exact) mass is 246 g/mol. The Hall–Kier alpha value is 0.270. The highest BCUT2D eigenvalue weighted by molar-refractivity contribution is 8.00. The average molecular weight is 246 g/mol. The molecule has 16 heavy (non-hydrogen) atoms. The van der Waals surface area contributed by atoms with Crippen molar-refractivity contribution in [3.05, 3.63) is 0 Å². The van der Waals surface area contributed by atoms with Crippen molar-refractivity contribution in [3.63, 3.8) is 0 Å². The summed E-state index contributed by atoms with van der Waals surface area (Å²) in [5.41, 5.74) is 0.435. The lowest BCUT2D eigenvalue weighted by Gasteiger charge is -2.26. The van der Waals surface area contributed by atoms with Crippen LogP contribution in [0.5, 0.6) is 0 Å². The smallest absolute Gasteiger partial charge is 0.100 e. The van der Waals surface area contributed by atoms with Crippen molar-refractivity contribution in [1.29, 1.82) is 0 Å². The van der Waals surface area contributed by atoms with E-state index in [1.807, 2.05) is 11.8 Å². The molecular weight excluding hydrogens is 220 g/mol. The second-order valence-corrected chi connectivity index (χ2v) is 6.05. The molecule has 2 aliphatic rings. The van der Waals surface area contributed by atoms with Crippen LogP contribution in [0.25, 0.3) is 0 Å². The van der Waals surface area contributed by atoms with Crippen molar-refractivity contribution in [2.75, 3.05) is 19.8 Å². The van der Waals surface area contributed by atoms with Gasteiger partial charge in [0.05, 0.1) is 0 Å². The lowest BCUT2D eigenvalue weighted by atomic mass is 10.2. The van der Waals surface area contributed by atoms with Crippen LogP contribution in [0.4, 0.5) is 0 Å². The molecule has 0 radical (unpaired) electrons. The zero-order valence-corrected chi connectivity index (χ0v) is 11.6. The van der Waals surface area contributed by atoms with Gasteiger partial charge >= 0.3 is 0 Å². The first-order valence-corrected chi connectivity index (χ1v) is 7.62. The second-order valence-electron chi connectivity index (χ2n) is 4.45.